The summed E-state index contributed by atoms with van der Waals surface area (Å²) in [7, 11) is 1.73. The summed E-state index contributed by atoms with van der Waals surface area (Å²) in [4.78, 5) is 2.33. The first-order chi connectivity index (χ1) is 6.76. The van der Waals surface area contributed by atoms with Crippen LogP contribution >= 0.6 is 0 Å². The molecule has 0 bridgehead atoms. The molecule has 0 rings (SSSR count). The predicted octanol–water partition coefficient (Wildman–Crippen LogP) is 0.319. The predicted molar refractivity (Wildman–Crippen MR) is 58.5 cm³/mol. The van der Waals surface area contributed by atoms with Gasteiger partial charge in [-0.25, -0.2) is 0 Å². The van der Waals surface area contributed by atoms with Crippen LogP contribution in [0.4, 0.5) is 0 Å². The first-order valence-corrected chi connectivity index (χ1v) is 5.27. The molecule has 86 valence electrons. The lowest BCUT2D eigenvalue weighted by Gasteiger charge is -2.26. The maximum absolute atomic E-state index is 5.34. The smallest absolute Gasteiger partial charge is 0.0615 e. The van der Waals surface area contributed by atoms with Crippen molar-refractivity contribution in [2.45, 2.75) is 19.9 Å². The fourth-order valence-corrected chi connectivity index (χ4v) is 1.40. The number of likely N-dealkylation sites (N-methyl/N-ethyl adjacent to an activating group) is 1. The van der Waals surface area contributed by atoms with E-state index in [1.165, 1.54) is 0 Å². The van der Waals surface area contributed by atoms with Crippen molar-refractivity contribution in [3.63, 3.8) is 0 Å². The molecule has 2 N–H and O–H groups in total. The Balaban J connectivity index is 3.56. The average Bonchev–Trinajstić information content (AvgIpc) is 2.18. The minimum atomic E-state index is 0.450. The van der Waals surface area contributed by atoms with Crippen LogP contribution in [0, 0.1) is 0 Å². The normalized spacial score (nSPS) is 13.5. The topological polar surface area (TPSA) is 47.7 Å². The van der Waals surface area contributed by atoms with Gasteiger partial charge in [-0.2, -0.15) is 0 Å². The number of methoxy groups -OCH3 is 1. The molecule has 4 heteroatoms. The zero-order valence-electron chi connectivity index (χ0n) is 9.66. The first-order valence-electron chi connectivity index (χ1n) is 5.27. The van der Waals surface area contributed by atoms with Gasteiger partial charge in [0.1, 0.15) is 0 Å². The number of rotatable bonds is 9. The molecule has 0 saturated carbocycles. The molecule has 0 spiro atoms. The third-order valence-electron chi connectivity index (χ3n) is 2.22. The van der Waals surface area contributed by atoms with Crippen molar-refractivity contribution in [1.82, 2.24) is 4.90 Å². The van der Waals surface area contributed by atoms with Gasteiger partial charge in [0.15, 0.2) is 0 Å². The third kappa shape index (κ3) is 6.32. The number of hydrogen-bond donors (Lipinski definition) is 1. The average molecular weight is 204 g/mol. The fourth-order valence-electron chi connectivity index (χ4n) is 1.40. The molecule has 0 aromatic carbocycles. The van der Waals surface area contributed by atoms with Gasteiger partial charge in [0.2, 0.25) is 0 Å². The van der Waals surface area contributed by atoms with Crippen molar-refractivity contribution in [3.8, 4) is 0 Å². The van der Waals surface area contributed by atoms with E-state index in [1.807, 2.05) is 0 Å². The Morgan fingerprint density at radius 3 is 2.57 bits per heavy atom. The van der Waals surface area contributed by atoms with E-state index in [2.05, 4.69) is 18.7 Å². The monoisotopic (exact) mass is 204 g/mol. The summed E-state index contributed by atoms with van der Waals surface area (Å²) >= 11 is 0. The molecule has 0 saturated heterocycles. The molecule has 0 fully saturated rings. The zero-order valence-corrected chi connectivity index (χ0v) is 9.66. The van der Waals surface area contributed by atoms with Crippen molar-refractivity contribution in [2.24, 2.45) is 5.73 Å². The van der Waals surface area contributed by atoms with Crippen LogP contribution in [0.2, 0.25) is 0 Å². The van der Waals surface area contributed by atoms with E-state index >= 15 is 0 Å². The Labute approximate surface area is 87.4 Å². The molecule has 4 nitrogen and oxygen atoms in total. The lowest BCUT2D eigenvalue weighted by atomic mass is 10.3. The first kappa shape index (κ1) is 13.8. The van der Waals surface area contributed by atoms with Gasteiger partial charge in [-0.15, -0.1) is 0 Å². The molecular weight excluding hydrogens is 180 g/mol. The maximum Gasteiger partial charge on any atom is 0.0615 e. The Morgan fingerprint density at radius 1 is 1.36 bits per heavy atom. The highest BCUT2D eigenvalue weighted by Gasteiger charge is 2.10. The van der Waals surface area contributed by atoms with E-state index in [0.717, 1.165) is 26.3 Å². The summed E-state index contributed by atoms with van der Waals surface area (Å²) in [6.45, 7) is 9.04. The minimum absolute atomic E-state index is 0.450. The lowest BCUT2D eigenvalue weighted by Crippen LogP contribution is -2.38. The van der Waals surface area contributed by atoms with Crippen LogP contribution in [0.5, 0.6) is 0 Å². The fraction of sp³-hybridized carbons (Fsp3) is 1.00. The van der Waals surface area contributed by atoms with E-state index in [9.17, 15) is 0 Å². The van der Waals surface area contributed by atoms with Gasteiger partial charge in [-0.3, -0.25) is 4.90 Å². The van der Waals surface area contributed by atoms with Crippen molar-refractivity contribution in [3.05, 3.63) is 0 Å². The van der Waals surface area contributed by atoms with Gasteiger partial charge in [0, 0.05) is 26.2 Å². The summed E-state index contributed by atoms with van der Waals surface area (Å²) in [6.07, 6.45) is 0. The van der Waals surface area contributed by atoms with Gasteiger partial charge in [0.25, 0.3) is 0 Å². The van der Waals surface area contributed by atoms with Gasteiger partial charge < -0.3 is 15.2 Å². The van der Waals surface area contributed by atoms with E-state index in [1.54, 1.807) is 7.11 Å². The maximum atomic E-state index is 5.34. The Bertz CT molecular complexity index is 123. The molecular formula is C10H24N2O2. The minimum Gasteiger partial charge on any atom is -0.383 e. The number of nitrogens with two attached hydrogens (primary N) is 1. The van der Waals surface area contributed by atoms with Gasteiger partial charge >= 0.3 is 0 Å². The highest BCUT2D eigenvalue weighted by atomic mass is 16.5. The van der Waals surface area contributed by atoms with Crippen LogP contribution in [0.25, 0.3) is 0 Å². The molecule has 0 aromatic heterocycles. The van der Waals surface area contributed by atoms with Crippen LogP contribution in [-0.4, -0.2) is 57.5 Å². The SMILES string of the molecule is CCN(CCOCCN)C(C)COC. The van der Waals surface area contributed by atoms with Crippen LogP contribution in [-0.2, 0) is 9.47 Å². The summed E-state index contributed by atoms with van der Waals surface area (Å²) in [6, 6.07) is 0.450. The second-order valence-electron chi connectivity index (χ2n) is 3.33. The molecule has 1 atom stereocenters. The Kier molecular flexibility index (Phi) is 9.29. The molecule has 0 aliphatic carbocycles. The van der Waals surface area contributed by atoms with Crippen molar-refractivity contribution in [2.75, 3.05) is 46.6 Å². The summed E-state index contributed by atoms with van der Waals surface area (Å²) in [5.74, 6) is 0. The van der Waals surface area contributed by atoms with E-state index in [0.29, 0.717) is 19.2 Å². The van der Waals surface area contributed by atoms with Gasteiger partial charge in [-0.05, 0) is 13.5 Å². The summed E-state index contributed by atoms with van der Waals surface area (Å²) in [5.41, 5.74) is 5.33. The van der Waals surface area contributed by atoms with Crippen molar-refractivity contribution >= 4 is 0 Å². The van der Waals surface area contributed by atoms with Crippen molar-refractivity contribution < 1.29 is 9.47 Å². The molecule has 0 aromatic rings. The van der Waals surface area contributed by atoms with Gasteiger partial charge in [0.05, 0.1) is 19.8 Å². The Hall–Kier alpha value is -0.160. The molecule has 0 aliphatic heterocycles. The highest BCUT2D eigenvalue weighted by Crippen LogP contribution is 1.98. The van der Waals surface area contributed by atoms with E-state index in [4.69, 9.17) is 15.2 Å². The largest absolute Gasteiger partial charge is 0.383 e. The molecule has 14 heavy (non-hydrogen) atoms. The lowest BCUT2D eigenvalue weighted by molar-refractivity contribution is 0.0655. The van der Waals surface area contributed by atoms with Crippen molar-refractivity contribution in [1.29, 1.82) is 0 Å². The van der Waals surface area contributed by atoms with E-state index < -0.39 is 0 Å². The van der Waals surface area contributed by atoms with Gasteiger partial charge in [-0.1, -0.05) is 6.92 Å². The number of nitrogens with zero attached hydrogens (tertiary/aromatic N) is 1. The molecule has 0 amide bonds. The highest BCUT2D eigenvalue weighted by molar-refractivity contribution is 4.64. The zero-order chi connectivity index (χ0) is 10.8. The van der Waals surface area contributed by atoms with E-state index in [-0.39, 0.29) is 0 Å². The molecule has 0 heterocycles. The quantitative estimate of drug-likeness (QED) is 0.549. The van der Waals surface area contributed by atoms with Crippen LogP contribution < -0.4 is 5.73 Å². The Morgan fingerprint density at radius 2 is 2.07 bits per heavy atom. The number of hydrogen-bond acceptors (Lipinski definition) is 4. The van der Waals surface area contributed by atoms with Crippen LogP contribution in [0.1, 0.15) is 13.8 Å². The third-order valence-corrected chi connectivity index (χ3v) is 2.22. The summed E-state index contributed by atoms with van der Waals surface area (Å²) < 4.78 is 10.4. The molecule has 1 unspecified atom stereocenters. The number of ether oxygens (including phenoxy) is 2. The van der Waals surface area contributed by atoms with Crippen LogP contribution in [0.15, 0.2) is 0 Å². The summed E-state index contributed by atoms with van der Waals surface area (Å²) in [5, 5.41) is 0. The van der Waals surface area contributed by atoms with Crippen LogP contribution in [0.3, 0.4) is 0 Å². The molecule has 0 aliphatic rings. The standard InChI is InChI=1S/C10H24N2O2/c1-4-12(10(2)9-13-3)6-8-14-7-5-11/h10H,4-9,11H2,1-3H3. The second-order valence-corrected chi connectivity index (χ2v) is 3.33. The molecule has 0 radical (unpaired) electrons. The second kappa shape index (κ2) is 9.40.